The van der Waals surface area contributed by atoms with E-state index in [0.717, 1.165) is 39.1 Å². The van der Waals surface area contributed by atoms with Gasteiger partial charge in [0.05, 0.1) is 6.26 Å². The average molecular weight is 411 g/mol. The lowest BCUT2D eigenvalue weighted by molar-refractivity contribution is 0.287. The summed E-state index contributed by atoms with van der Waals surface area (Å²) in [6.45, 7) is 6.91. The van der Waals surface area contributed by atoms with Crippen molar-refractivity contribution in [3.63, 3.8) is 0 Å². The molecule has 0 saturated carbocycles. The Labute approximate surface area is 171 Å². The summed E-state index contributed by atoms with van der Waals surface area (Å²) in [6, 6.07) is 5.78. The van der Waals surface area contributed by atoms with Crippen molar-refractivity contribution in [1.82, 2.24) is 29.5 Å². The van der Waals surface area contributed by atoms with Crippen molar-refractivity contribution in [2.24, 2.45) is 0 Å². The van der Waals surface area contributed by atoms with Crippen LogP contribution in [0.25, 0.3) is 17.4 Å². The van der Waals surface area contributed by atoms with Crippen LogP contribution < -0.4 is 10.6 Å². The van der Waals surface area contributed by atoms with Crippen LogP contribution in [0.15, 0.2) is 34.3 Å². The summed E-state index contributed by atoms with van der Waals surface area (Å²) in [5.41, 5.74) is 7.52. The molecular weight excluding hydrogens is 388 g/mol. The van der Waals surface area contributed by atoms with Gasteiger partial charge in [0.15, 0.2) is 5.76 Å². The van der Waals surface area contributed by atoms with Crippen LogP contribution in [-0.4, -0.2) is 55.6 Å². The van der Waals surface area contributed by atoms with Gasteiger partial charge in [-0.1, -0.05) is 0 Å². The molecule has 5 heterocycles. The first kappa shape index (κ1) is 18.1. The van der Waals surface area contributed by atoms with Crippen molar-refractivity contribution in [3.05, 3.63) is 40.3 Å². The lowest BCUT2D eigenvalue weighted by Gasteiger charge is -2.21. The number of hydrogen-bond donors (Lipinski definition) is 1. The number of thiophene rings is 1. The second-order valence-corrected chi connectivity index (χ2v) is 8.15. The highest BCUT2D eigenvalue weighted by molar-refractivity contribution is 7.10. The molecule has 4 aromatic rings. The third-order valence-corrected chi connectivity index (χ3v) is 6.18. The number of nitrogens with zero attached hydrogens (tertiary/aromatic N) is 7. The van der Waals surface area contributed by atoms with Gasteiger partial charge < -0.3 is 15.1 Å². The van der Waals surface area contributed by atoms with E-state index in [9.17, 15) is 0 Å². The largest absolute Gasteiger partial charge is 0.461 e. The summed E-state index contributed by atoms with van der Waals surface area (Å²) < 4.78 is 6.82. The fraction of sp³-hybridized carbons (Fsp3) is 0.368. The summed E-state index contributed by atoms with van der Waals surface area (Å²) in [6.07, 6.45) is 2.63. The first-order valence-corrected chi connectivity index (χ1v) is 10.5. The van der Waals surface area contributed by atoms with Gasteiger partial charge >= 0.3 is 0 Å². The van der Waals surface area contributed by atoms with Crippen LogP contribution in [0.5, 0.6) is 0 Å². The van der Waals surface area contributed by atoms with E-state index in [1.165, 1.54) is 15.0 Å². The normalized spacial score (nSPS) is 15.8. The first-order chi connectivity index (χ1) is 14.2. The monoisotopic (exact) mass is 410 g/mol. The number of nitrogens with two attached hydrogens (primary N) is 1. The number of furan rings is 1. The van der Waals surface area contributed by atoms with Crippen molar-refractivity contribution in [2.75, 3.05) is 36.8 Å². The number of nitrogen functional groups attached to an aromatic ring is 1. The third kappa shape index (κ3) is 3.56. The van der Waals surface area contributed by atoms with E-state index in [1.807, 2.05) is 11.3 Å². The second-order valence-electron chi connectivity index (χ2n) is 7.15. The summed E-state index contributed by atoms with van der Waals surface area (Å²) in [5, 5.41) is 6.52. The minimum absolute atomic E-state index is 0.269. The molecule has 1 aliphatic rings. The van der Waals surface area contributed by atoms with Crippen LogP contribution in [0.1, 0.15) is 16.9 Å². The SMILES string of the molecule is Cc1ccsc1CN1CCCN(c2nc(N)n3nc(-c4ccco4)nc3n2)CC1. The lowest BCUT2D eigenvalue weighted by atomic mass is 10.2. The zero-order chi connectivity index (χ0) is 19.8. The maximum Gasteiger partial charge on any atom is 0.259 e. The number of aryl methyl sites for hydroxylation is 1. The molecule has 0 atom stereocenters. The zero-order valence-corrected chi connectivity index (χ0v) is 17.0. The number of rotatable bonds is 4. The van der Waals surface area contributed by atoms with Crippen molar-refractivity contribution >= 4 is 29.0 Å². The maximum absolute atomic E-state index is 6.15. The smallest absolute Gasteiger partial charge is 0.259 e. The Kier molecular flexibility index (Phi) is 4.64. The summed E-state index contributed by atoms with van der Waals surface area (Å²) in [4.78, 5) is 19.7. The Morgan fingerprint density at radius 2 is 2.07 bits per heavy atom. The Morgan fingerprint density at radius 1 is 1.14 bits per heavy atom. The molecular formula is C19H22N8OS. The molecule has 1 aliphatic heterocycles. The third-order valence-electron chi connectivity index (χ3n) is 5.17. The molecule has 0 amide bonds. The van der Waals surface area contributed by atoms with Crippen molar-refractivity contribution < 1.29 is 4.42 Å². The van der Waals surface area contributed by atoms with Gasteiger partial charge in [-0.25, -0.2) is 0 Å². The van der Waals surface area contributed by atoms with Crippen molar-refractivity contribution in [2.45, 2.75) is 19.9 Å². The van der Waals surface area contributed by atoms with Crippen molar-refractivity contribution in [3.8, 4) is 11.6 Å². The van der Waals surface area contributed by atoms with Crippen molar-refractivity contribution in [1.29, 1.82) is 0 Å². The Balaban J connectivity index is 1.35. The average Bonchev–Trinajstić information content (AvgIpc) is 3.42. The van der Waals surface area contributed by atoms with E-state index in [1.54, 1.807) is 18.4 Å². The Morgan fingerprint density at radius 3 is 2.86 bits per heavy atom. The molecule has 0 unspecified atom stereocenters. The van der Waals surface area contributed by atoms with Gasteiger partial charge in [0.1, 0.15) is 0 Å². The highest BCUT2D eigenvalue weighted by Gasteiger charge is 2.21. The predicted molar refractivity (Wildman–Crippen MR) is 112 cm³/mol. The zero-order valence-electron chi connectivity index (χ0n) is 16.2. The molecule has 0 bridgehead atoms. The lowest BCUT2D eigenvalue weighted by Crippen LogP contribution is -2.31. The molecule has 1 saturated heterocycles. The molecule has 150 valence electrons. The summed E-state index contributed by atoms with van der Waals surface area (Å²) >= 11 is 1.83. The minimum atomic E-state index is 0.269. The molecule has 10 heteroatoms. The molecule has 4 aromatic heterocycles. The molecule has 0 radical (unpaired) electrons. The number of aromatic nitrogens is 5. The molecule has 2 N–H and O–H groups in total. The highest BCUT2D eigenvalue weighted by Crippen LogP contribution is 2.21. The fourth-order valence-electron chi connectivity index (χ4n) is 3.54. The quantitative estimate of drug-likeness (QED) is 0.547. The van der Waals surface area contributed by atoms with Gasteiger partial charge in [-0.05, 0) is 42.5 Å². The van der Waals surface area contributed by atoms with Crippen LogP contribution >= 0.6 is 11.3 Å². The molecule has 0 aliphatic carbocycles. The van der Waals surface area contributed by atoms with Crippen LogP contribution in [0.4, 0.5) is 11.9 Å². The topological polar surface area (TPSA) is 102 Å². The summed E-state index contributed by atoms with van der Waals surface area (Å²) in [5.74, 6) is 2.31. The number of anilines is 2. The number of hydrogen-bond acceptors (Lipinski definition) is 9. The van der Waals surface area contributed by atoms with Gasteiger partial charge in [0.25, 0.3) is 5.78 Å². The molecule has 5 rings (SSSR count). The van der Waals surface area contributed by atoms with E-state index in [0.29, 0.717) is 23.3 Å². The summed E-state index contributed by atoms with van der Waals surface area (Å²) in [7, 11) is 0. The Hall–Kier alpha value is -2.98. The second kappa shape index (κ2) is 7.45. The highest BCUT2D eigenvalue weighted by atomic mass is 32.1. The van der Waals surface area contributed by atoms with Gasteiger partial charge in [0, 0.05) is 37.6 Å². The minimum Gasteiger partial charge on any atom is -0.461 e. The van der Waals surface area contributed by atoms with Crippen LogP contribution in [0.3, 0.4) is 0 Å². The molecule has 0 spiro atoms. The van der Waals surface area contributed by atoms with Gasteiger partial charge in [-0.3, -0.25) is 4.90 Å². The molecule has 9 nitrogen and oxygen atoms in total. The first-order valence-electron chi connectivity index (χ1n) is 9.62. The maximum atomic E-state index is 6.15. The van der Waals surface area contributed by atoms with Gasteiger partial charge in [-0.15, -0.1) is 16.4 Å². The van der Waals surface area contributed by atoms with E-state index in [2.05, 4.69) is 48.2 Å². The molecule has 29 heavy (non-hydrogen) atoms. The van der Waals surface area contributed by atoms with E-state index in [-0.39, 0.29) is 5.95 Å². The number of fused-ring (bicyclic) bond motifs is 1. The van der Waals surface area contributed by atoms with Gasteiger partial charge in [-0.2, -0.15) is 19.5 Å². The fourth-order valence-corrected chi connectivity index (χ4v) is 4.49. The van der Waals surface area contributed by atoms with Crippen LogP contribution in [0, 0.1) is 6.92 Å². The molecule has 0 aromatic carbocycles. The standard InChI is InChI=1S/C19H22N8OS/c1-13-5-11-29-15(13)12-25-6-3-7-26(9-8-25)18-22-17(20)27-19(23-18)21-16(24-27)14-4-2-10-28-14/h2,4-5,10-11H,3,6-9,12H2,1H3,(H2,20,21,22,23,24). The van der Waals surface area contributed by atoms with E-state index >= 15 is 0 Å². The van der Waals surface area contributed by atoms with E-state index < -0.39 is 0 Å². The van der Waals surface area contributed by atoms with E-state index in [4.69, 9.17) is 10.2 Å². The van der Waals surface area contributed by atoms with Crippen LogP contribution in [0.2, 0.25) is 0 Å². The molecule has 1 fully saturated rings. The predicted octanol–water partition coefficient (Wildman–Crippen LogP) is 2.44. The van der Waals surface area contributed by atoms with Crippen LogP contribution in [-0.2, 0) is 6.54 Å². The Bertz CT molecular complexity index is 1120. The van der Waals surface area contributed by atoms with Gasteiger partial charge in [0.2, 0.25) is 17.7 Å².